The predicted molar refractivity (Wildman–Crippen MR) is 99.7 cm³/mol. The Morgan fingerprint density at radius 3 is 2.48 bits per heavy atom. The molecule has 0 fully saturated rings. The Labute approximate surface area is 147 Å². The molecule has 4 nitrogen and oxygen atoms in total. The number of nitrogens with one attached hydrogen (secondary N) is 2. The van der Waals surface area contributed by atoms with E-state index in [-0.39, 0.29) is 5.82 Å². The van der Waals surface area contributed by atoms with Crippen LogP contribution in [0.15, 0.2) is 48.5 Å². The number of anilines is 3. The average Bonchev–Trinajstić information content (AvgIpc) is 2.57. The number of nitrogens with zero attached hydrogens (tertiary/aromatic N) is 2. The fraction of sp³-hybridized carbons (Fsp3) is 0.200. The number of benzene rings is 2. The lowest BCUT2D eigenvalue weighted by Gasteiger charge is -2.11. The van der Waals surface area contributed by atoms with Gasteiger partial charge in [-0.05, 0) is 50.1 Å². The van der Waals surface area contributed by atoms with Crippen molar-refractivity contribution in [3.63, 3.8) is 0 Å². The molecule has 0 saturated carbocycles. The Kier molecular flexibility index (Phi) is 4.93. The van der Waals surface area contributed by atoms with E-state index in [0.717, 1.165) is 11.4 Å². The van der Waals surface area contributed by atoms with Crippen LogP contribution in [0.5, 0.6) is 0 Å². The summed E-state index contributed by atoms with van der Waals surface area (Å²) in [4.78, 5) is 8.84. The Morgan fingerprint density at radius 2 is 1.72 bits per heavy atom. The first-order valence-corrected chi connectivity index (χ1v) is 8.18. The second-order valence-corrected chi connectivity index (χ2v) is 6.09. The second kappa shape index (κ2) is 7.30. The van der Waals surface area contributed by atoms with E-state index in [2.05, 4.69) is 46.6 Å². The van der Waals surface area contributed by atoms with E-state index in [1.807, 2.05) is 25.1 Å². The number of hydrogen-bond donors (Lipinski definition) is 2. The van der Waals surface area contributed by atoms with E-state index >= 15 is 0 Å². The van der Waals surface area contributed by atoms with Gasteiger partial charge >= 0.3 is 0 Å². The lowest BCUT2D eigenvalue weighted by molar-refractivity contribution is 0.612. The largest absolute Gasteiger partial charge is 0.350 e. The third-order valence-corrected chi connectivity index (χ3v) is 4.03. The molecular formula is C20H21FN4. The van der Waals surface area contributed by atoms with Crippen molar-refractivity contribution in [3.8, 4) is 0 Å². The number of rotatable bonds is 5. The van der Waals surface area contributed by atoms with Crippen LogP contribution in [-0.2, 0) is 6.54 Å². The van der Waals surface area contributed by atoms with E-state index in [4.69, 9.17) is 0 Å². The van der Waals surface area contributed by atoms with Gasteiger partial charge in [0, 0.05) is 29.6 Å². The minimum absolute atomic E-state index is 0.240. The molecule has 0 bridgehead atoms. The molecule has 3 rings (SSSR count). The molecular weight excluding hydrogens is 315 g/mol. The minimum Gasteiger partial charge on any atom is -0.350 e. The van der Waals surface area contributed by atoms with Crippen LogP contribution < -0.4 is 10.6 Å². The molecule has 2 aromatic carbocycles. The summed E-state index contributed by atoms with van der Waals surface area (Å²) in [7, 11) is 0. The van der Waals surface area contributed by atoms with Crippen molar-refractivity contribution < 1.29 is 4.39 Å². The molecule has 0 atom stereocenters. The molecule has 128 valence electrons. The van der Waals surface area contributed by atoms with Gasteiger partial charge in [0.2, 0.25) is 5.95 Å². The molecule has 0 aliphatic rings. The molecule has 25 heavy (non-hydrogen) atoms. The monoisotopic (exact) mass is 336 g/mol. The Hall–Kier alpha value is -2.95. The smallest absolute Gasteiger partial charge is 0.225 e. The summed E-state index contributed by atoms with van der Waals surface area (Å²) >= 11 is 0. The molecule has 0 unspecified atom stereocenters. The average molecular weight is 336 g/mol. The normalized spacial score (nSPS) is 10.6. The van der Waals surface area contributed by atoms with Crippen LogP contribution in [0.2, 0.25) is 0 Å². The van der Waals surface area contributed by atoms with Crippen LogP contribution >= 0.6 is 0 Å². The summed E-state index contributed by atoms with van der Waals surface area (Å²) in [5.74, 6) is 0.928. The predicted octanol–water partition coefficient (Wildman–Crippen LogP) is 4.90. The standard InChI is InChI=1S/C20H21FN4/c1-13-8-9-17(10-14(13)2)24-19-11-15(3)23-20(25-19)22-12-16-6-4-5-7-18(16)21/h4-11H,12H2,1-3H3,(H2,22,23,24,25). The van der Waals surface area contributed by atoms with Crippen molar-refractivity contribution >= 4 is 17.5 Å². The molecule has 0 amide bonds. The highest BCUT2D eigenvalue weighted by Gasteiger charge is 2.05. The van der Waals surface area contributed by atoms with Gasteiger partial charge in [0.05, 0.1) is 0 Å². The zero-order chi connectivity index (χ0) is 17.8. The Bertz CT molecular complexity index is 893. The SMILES string of the molecule is Cc1cc(Nc2ccc(C)c(C)c2)nc(NCc2ccccc2F)n1. The van der Waals surface area contributed by atoms with Crippen molar-refractivity contribution in [2.45, 2.75) is 27.3 Å². The maximum Gasteiger partial charge on any atom is 0.225 e. The molecule has 0 aliphatic heterocycles. The summed E-state index contributed by atoms with van der Waals surface area (Å²) in [5, 5.41) is 6.38. The number of hydrogen-bond acceptors (Lipinski definition) is 4. The third kappa shape index (κ3) is 4.32. The third-order valence-electron chi connectivity index (χ3n) is 4.03. The van der Waals surface area contributed by atoms with Crippen molar-refractivity contribution in [1.29, 1.82) is 0 Å². The van der Waals surface area contributed by atoms with Crippen LogP contribution in [0, 0.1) is 26.6 Å². The van der Waals surface area contributed by atoms with E-state index < -0.39 is 0 Å². The van der Waals surface area contributed by atoms with Crippen LogP contribution in [0.1, 0.15) is 22.4 Å². The Morgan fingerprint density at radius 1 is 0.920 bits per heavy atom. The molecule has 3 aromatic rings. The van der Waals surface area contributed by atoms with Gasteiger partial charge in [-0.15, -0.1) is 0 Å². The van der Waals surface area contributed by atoms with Crippen LogP contribution in [-0.4, -0.2) is 9.97 Å². The van der Waals surface area contributed by atoms with Crippen molar-refractivity contribution in [3.05, 3.63) is 76.7 Å². The van der Waals surface area contributed by atoms with Gasteiger partial charge in [-0.1, -0.05) is 24.3 Å². The second-order valence-electron chi connectivity index (χ2n) is 6.09. The zero-order valence-electron chi connectivity index (χ0n) is 14.6. The van der Waals surface area contributed by atoms with Crippen LogP contribution in [0.4, 0.5) is 21.8 Å². The maximum atomic E-state index is 13.7. The fourth-order valence-corrected chi connectivity index (χ4v) is 2.49. The Balaban J connectivity index is 1.76. The van der Waals surface area contributed by atoms with Crippen LogP contribution in [0.25, 0.3) is 0 Å². The number of aryl methyl sites for hydroxylation is 3. The maximum absolute atomic E-state index is 13.7. The van der Waals surface area contributed by atoms with E-state index in [0.29, 0.717) is 23.9 Å². The van der Waals surface area contributed by atoms with Gasteiger partial charge in [0.25, 0.3) is 0 Å². The van der Waals surface area contributed by atoms with E-state index in [1.54, 1.807) is 12.1 Å². The van der Waals surface area contributed by atoms with Gasteiger partial charge in [0.1, 0.15) is 11.6 Å². The zero-order valence-corrected chi connectivity index (χ0v) is 14.6. The fourth-order valence-electron chi connectivity index (χ4n) is 2.49. The highest BCUT2D eigenvalue weighted by atomic mass is 19.1. The molecule has 0 spiro atoms. The molecule has 1 heterocycles. The highest BCUT2D eigenvalue weighted by Crippen LogP contribution is 2.20. The van der Waals surface area contributed by atoms with Crippen molar-refractivity contribution in [2.24, 2.45) is 0 Å². The van der Waals surface area contributed by atoms with Crippen molar-refractivity contribution in [2.75, 3.05) is 10.6 Å². The van der Waals surface area contributed by atoms with Gasteiger partial charge in [-0.25, -0.2) is 9.37 Å². The molecule has 0 saturated heterocycles. The summed E-state index contributed by atoms with van der Waals surface area (Å²) < 4.78 is 13.7. The highest BCUT2D eigenvalue weighted by molar-refractivity contribution is 5.59. The van der Waals surface area contributed by atoms with Crippen molar-refractivity contribution in [1.82, 2.24) is 9.97 Å². The van der Waals surface area contributed by atoms with Gasteiger partial charge in [-0.2, -0.15) is 4.98 Å². The minimum atomic E-state index is -0.240. The first kappa shape index (κ1) is 16.9. The van der Waals surface area contributed by atoms with Crippen LogP contribution in [0.3, 0.4) is 0 Å². The number of aromatic nitrogens is 2. The topological polar surface area (TPSA) is 49.8 Å². The molecule has 0 radical (unpaired) electrons. The van der Waals surface area contributed by atoms with Gasteiger partial charge in [0.15, 0.2) is 0 Å². The number of halogens is 1. The molecule has 2 N–H and O–H groups in total. The molecule has 5 heteroatoms. The lowest BCUT2D eigenvalue weighted by Crippen LogP contribution is -2.07. The lowest BCUT2D eigenvalue weighted by atomic mass is 10.1. The summed E-state index contributed by atoms with van der Waals surface area (Å²) in [6.07, 6.45) is 0. The van der Waals surface area contributed by atoms with E-state index in [9.17, 15) is 4.39 Å². The molecule has 0 aliphatic carbocycles. The summed E-state index contributed by atoms with van der Waals surface area (Å²) in [6.45, 7) is 6.40. The summed E-state index contributed by atoms with van der Waals surface area (Å²) in [5.41, 5.74) is 4.85. The quantitative estimate of drug-likeness (QED) is 0.696. The first-order valence-electron chi connectivity index (χ1n) is 8.18. The summed E-state index contributed by atoms with van der Waals surface area (Å²) in [6, 6.07) is 14.7. The van der Waals surface area contributed by atoms with E-state index in [1.165, 1.54) is 17.2 Å². The first-order chi connectivity index (χ1) is 12.0. The van der Waals surface area contributed by atoms with Gasteiger partial charge in [-0.3, -0.25) is 0 Å². The van der Waals surface area contributed by atoms with Gasteiger partial charge < -0.3 is 10.6 Å². The molecule has 1 aromatic heterocycles.